The second-order valence-corrected chi connectivity index (χ2v) is 6.91. The molecule has 0 radical (unpaired) electrons. The van der Waals surface area contributed by atoms with Crippen LogP contribution in [0.3, 0.4) is 0 Å². The number of piperazine rings is 1. The first-order valence-electron chi connectivity index (χ1n) is 7.40. The number of halogens is 3. The fourth-order valence-electron chi connectivity index (χ4n) is 2.87. The van der Waals surface area contributed by atoms with Gasteiger partial charge in [0.1, 0.15) is 6.54 Å². The van der Waals surface area contributed by atoms with Gasteiger partial charge in [-0.15, -0.1) is 0 Å². The maximum Gasteiger partial charge on any atom is 0.104 e. The number of nitrogens with one attached hydrogen (secondary N) is 1. The van der Waals surface area contributed by atoms with Crippen LogP contribution in [0.5, 0.6) is 0 Å². The van der Waals surface area contributed by atoms with E-state index in [1.807, 2.05) is 36.4 Å². The van der Waals surface area contributed by atoms with Gasteiger partial charge in [-0.1, -0.05) is 46.9 Å². The van der Waals surface area contributed by atoms with Gasteiger partial charge in [0.15, 0.2) is 0 Å². The molecule has 0 saturated carbocycles. The highest BCUT2D eigenvalue weighted by atomic mass is 35.5. The summed E-state index contributed by atoms with van der Waals surface area (Å²) in [4.78, 5) is 3.93. The van der Waals surface area contributed by atoms with Crippen LogP contribution >= 0.6 is 34.8 Å². The van der Waals surface area contributed by atoms with Gasteiger partial charge in [0.2, 0.25) is 0 Å². The molecule has 0 aliphatic carbocycles. The van der Waals surface area contributed by atoms with E-state index in [2.05, 4.69) is 11.0 Å². The van der Waals surface area contributed by atoms with Crippen molar-refractivity contribution in [2.45, 2.75) is 6.54 Å². The molecule has 116 valence electrons. The molecule has 1 aliphatic rings. The van der Waals surface area contributed by atoms with Crippen LogP contribution in [0.15, 0.2) is 42.5 Å². The molecule has 0 aromatic heterocycles. The van der Waals surface area contributed by atoms with Gasteiger partial charge in [0, 0.05) is 21.3 Å². The van der Waals surface area contributed by atoms with Crippen molar-refractivity contribution < 1.29 is 4.90 Å². The highest BCUT2D eigenvalue weighted by Gasteiger charge is 2.21. The Morgan fingerprint density at radius 2 is 1.64 bits per heavy atom. The first-order valence-corrected chi connectivity index (χ1v) is 8.53. The van der Waals surface area contributed by atoms with Gasteiger partial charge in [0.25, 0.3) is 0 Å². The van der Waals surface area contributed by atoms with E-state index in [0.29, 0.717) is 5.02 Å². The fourth-order valence-corrected chi connectivity index (χ4v) is 3.52. The quantitative estimate of drug-likeness (QED) is 0.883. The number of rotatable bonds is 3. The normalized spacial score (nSPS) is 16.0. The third-order valence-electron chi connectivity index (χ3n) is 4.10. The van der Waals surface area contributed by atoms with E-state index in [1.54, 1.807) is 4.90 Å². The predicted octanol–water partition coefficient (Wildman–Crippen LogP) is 3.55. The van der Waals surface area contributed by atoms with Crippen LogP contribution in [0.25, 0.3) is 0 Å². The maximum atomic E-state index is 6.27. The van der Waals surface area contributed by atoms with Gasteiger partial charge in [-0.2, -0.15) is 0 Å². The lowest BCUT2D eigenvalue weighted by Crippen LogP contribution is -3.13. The Kier molecular flexibility index (Phi) is 5.14. The number of hydrogen-bond acceptors (Lipinski definition) is 1. The monoisotopic (exact) mass is 355 g/mol. The van der Waals surface area contributed by atoms with Crippen LogP contribution in [-0.4, -0.2) is 26.2 Å². The van der Waals surface area contributed by atoms with E-state index in [-0.39, 0.29) is 0 Å². The van der Waals surface area contributed by atoms with Gasteiger partial charge in [0.05, 0.1) is 31.2 Å². The SMILES string of the molecule is Clc1cccc(N2CC[NH+](Cc3ccc(Cl)cc3Cl)CC2)c1. The van der Waals surface area contributed by atoms with Gasteiger partial charge < -0.3 is 9.80 Å². The molecule has 0 atom stereocenters. The van der Waals surface area contributed by atoms with Crippen LogP contribution in [0.1, 0.15) is 5.56 Å². The summed E-state index contributed by atoms with van der Waals surface area (Å²) in [5, 5.41) is 2.24. The minimum absolute atomic E-state index is 0.689. The number of anilines is 1. The molecular formula is C17H18Cl3N2+. The standard InChI is InChI=1S/C17H17Cl3N2/c18-14-2-1-3-16(10-14)22-8-6-21(7-9-22)12-13-4-5-15(19)11-17(13)20/h1-5,10-11H,6-9,12H2/p+1. The Morgan fingerprint density at radius 3 is 2.32 bits per heavy atom. The summed E-state index contributed by atoms with van der Waals surface area (Å²) in [5.41, 5.74) is 2.37. The molecule has 0 bridgehead atoms. The molecule has 1 fully saturated rings. The molecule has 1 heterocycles. The molecule has 3 rings (SSSR count). The Labute approximate surface area is 146 Å². The van der Waals surface area contributed by atoms with Gasteiger partial charge in [-0.25, -0.2) is 0 Å². The summed E-state index contributed by atoms with van der Waals surface area (Å²) in [7, 11) is 0. The van der Waals surface area contributed by atoms with E-state index < -0.39 is 0 Å². The molecule has 1 aliphatic heterocycles. The van der Waals surface area contributed by atoms with E-state index in [9.17, 15) is 0 Å². The summed E-state index contributed by atoms with van der Waals surface area (Å²) >= 11 is 18.3. The fraction of sp³-hybridized carbons (Fsp3) is 0.294. The zero-order valence-electron chi connectivity index (χ0n) is 12.2. The van der Waals surface area contributed by atoms with Crippen LogP contribution in [0.4, 0.5) is 5.69 Å². The molecule has 0 amide bonds. The Bertz CT molecular complexity index is 652. The molecule has 2 nitrogen and oxygen atoms in total. The largest absolute Gasteiger partial charge is 0.360 e. The van der Waals surface area contributed by atoms with E-state index >= 15 is 0 Å². The zero-order chi connectivity index (χ0) is 15.5. The van der Waals surface area contributed by atoms with Crippen molar-refractivity contribution in [3.05, 3.63) is 63.1 Å². The highest BCUT2D eigenvalue weighted by Crippen LogP contribution is 2.21. The maximum absolute atomic E-state index is 6.27. The van der Waals surface area contributed by atoms with Crippen molar-refractivity contribution in [1.29, 1.82) is 0 Å². The minimum atomic E-state index is 0.689. The van der Waals surface area contributed by atoms with Gasteiger partial charge >= 0.3 is 0 Å². The summed E-state index contributed by atoms with van der Waals surface area (Å²) in [5.74, 6) is 0. The van der Waals surface area contributed by atoms with E-state index in [0.717, 1.165) is 48.3 Å². The molecule has 1 N–H and O–H groups in total. The van der Waals surface area contributed by atoms with Crippen LogP contribution < -0.4 is 9.80 Å². The summed E-state index contributed by atoms with van der Waals surface area (Å²) < 4.78 is 0. The van der Waals surface area contributed by atoms with Gasteiger partial charge in [-0.05, 0) is 30.3 Å². The number of benzene rings is 2. The second kappa shape index (κ2) is 7.10. The topological polar surface area (TPSA) is 7.68 Å². The molecule has 1 saturated heterocycles. The Morgan fingerprint density at radius 1 is 0.909 bits per heavy atom. The first-order chi connectivity index (χ1) is 10.6. The first kappa shape index (κ1) is 15.9. The minimum Gasteiger partial charge on any atom is -0.360 e. The molecule has 5 heteroatoms. The number of quaternary nitrogens is 1. The average molecular weight is 357 g/mol. The Hall–Kier alpha value is -0.930. The van der Waals surface area contributed by atoms with Crippen LogP contribution in [-0.2, 0) is 6.54 Å². The molecule has 0 spiro atoms. The van der Waals surface area contributed by atoms with Crippen molar-refractivity contribution in [3.8, 4) is 0 Å². The molecule has 22 heavy (non-hydrogen) atoms. The van der Waals surface area contributed by atoms with E-state index in [1.165, 1.54) is 5.69 Å². The van der Waals surface area contributed by atoms with Crippen molar-refractivity contribution in [2.24, 2.45) is 0 Å². The highest BCUT2D eigenvalue weighted by molar-refractivity contribution is 6.35. The molecular weight excluding hydrogens is 339 g/mol. The molecule has 0 unspecified atom stereocenters. The summed E-state index contributed by atoms with van der Waals surface area (Å²) in [6.45, 7) is 5.18. The molecule has 2 aromatic rings. The van der Waals surface area contributed by atoms with Crippen molar-refractivity contribution in [2.75, 3.05) is 31.1 Å². The van der Waals surface area contributed by atoms with Crippen LogP contribution in [0, 0.1) is 0 Å². The average Bonchev–Trinajstić information content (AvgIpc) is 2.51. The predicted molar refractivity (Wildman–Crippen MR) is 94.5 cm³/mol. The third kappa shape index (κ3) is 3.88. The lowest BCUT2D eigenvalue weighted by Gasteiger charge is -2.33. The van der Waals surface area contributed by atoms with Crippen molar-refractivity contribution in [1.82, 2.24) is 0 Å². The number of hydrogen-bond donors (Lipinski definition) is 1. The summed E-state index contributed by atoms with van der Waals surface area (Å²) in [6, 6.07) is 13.8. The van der Waals surface area contributed by atoms with Crippen molar-refractivity contribution >= 4 is 40.5 Å². The van der Waals surface area contributed by atoms with Crippen molar-refractivity contribution in [3.63, 3.8) is 0 Å². The third-order valence-corrected chi connectivity index (χ3v) is 4.92. The zero-order valence-corrected chi connectivity index (χ0v) is 14.4. The second-order valence-electron chi connectivity index (χ2n) is 5.63. The lowest BCUT2D eigenvalue weighted by atomic mass is 10.2. The Balaban J connectivity index is 1.60. The lowest BCUT2D eigenvalue weighted by molar-refractivity contribution is -0.914. The van der Waals surface area contributed by atoms with E-state index in [4.69, 9.17) is 34.8 Å². The molecule has 2 aromatic carbocycles. The number of nitrogens with zero attached hydrogens (tertiary/aromatic N) is 1. The smallest absolute Gasteiger partial charge is 0.104 e. The summed E-state index contributed by atoms with van der Waals surface area (Å²) in [6.07, 6.45) is 0. The van der Waals surface area contributed by atoms with Gasteiger partial charge in [-0.3, -0.25) is 0 Å². The van der Waals surface area contributed by atoms with Crippen LogP contribution in [0.2, 0.25) is 15.1 Å².